The predicted molar refractivity (Wildman–Crippen MR) is 276 cm³/mol. The van der Waals surface area contributed by atoms with E-state index in [0.717, 1.165) is 38.5 Å². The molecule has 62 heavy (non-hydrogen) atoms. The summed E-state index contributed by atoms with van der Waals surface area (Å²) >= 11 is 0. The zero-order chi connectivity index (χ0) is 44.9. The highest BCUT2D eigenvalue weighted by atomic mass is 16.3. The van der Waals surface area contributed by atoms with E-state index in [0.29, 0.717) is 6.42 Å². The third kappa shape index (κ3) is 49.6. The first kappa shape index (κ1) is 60.6. The van der Waals surface area contributed by atoms with Crippen LogP contribution in [0.5, 0.6) is 0 Å². The molecular weight excluding hydrogens is 759 g/mol. The molecule has 0 aliphatic carbocycles. The highest BCUT2D eigenvalue weighted by Gasteiger charge is 2.18. The van der Waals surface area contributed by atoms with E-state index in [1.165, 1.54) is 250 Å². The smallest absolute Gasteiger partial charge is 0.220 e. The van der Waals surface area contributed by atoms with Crippen LogP contribution in [-0.2, 0) is 4.79 Å². The van der Waals surface area contributed by atoms with Gasteiger partial charge in [-0.1, -0.05) is 294 Å². The molecule has 0 saturated heterocycles. The van der Waals surface area contributed by atoms with Gasteiger partial charge in [-0.3, -0.25) is 4.79 Å². The van der Waals surface area contributed by atoms with Gasteiger partial charge in [0.2, 0.25) is 5.91 Å². The standard InChI is InChI=1S/C58H111NO3/c1-3-5-7-9-11-13-15-17-19-21-23-25-27-28-29-30-32-33-35-37-39-41-43-45-47-49-51-53-57(61)56(55-60)59-58(62)54-52-50-48-46-44-42-40-38-36-34-31-26-24-22-20-18-16-14-12-10-8-6-4-2/h35,37,43,45,51,53,56-57,60-61H,3-34,36,38-42,44,46-50,52,54-55H2,1-2H3,(H,59,62)/b37-35+,45-43+,53-51+. The van der Waals surface area contributed by atoms with E-state index in [2.05, 4.69) is 43.5 Å². The number of allylic oxidation sites excluding steroid dienone is 5. The van der Waals surface area contributed by atoms with Gasteiger partial charge < -0.3 is 15.5 Å². The molecule has 0 radical (unpaired) electrons. The molecule has 1 amide bonds. The monoisotopic (exact) mass is 870 g/mol. The number of aliphatic hydroxyl groups excluding tert-OH is 2. The molecule has 2 unspecified atom stereocenters. The molecule has 4 heteroatoms. The van der Waals surface area contributed by atoms with Crippen LogP contribution in [0.3, 0.4) is 0 Å². The van der Waals surface area contributed by atoms with Crippen molar-refractivity contribution in [2.24, 2.45) is 0 Å². The van der Waals surface area contributed by atoms with Gasteiger partial charge in [0.05, 0.1) is 18.8 Å². The second-order valence-corrected chi connectivity index (χ2v) is 19.3. The Labute approximate surface area is 389 Å². The average molecular weight is 871 g/mol. The predicted octanol–water partition coefficient (Wildman–Crippen LogP) is 18.5. The summed E-state index contributed by atoms with van der Waals surface area (Å²) < 4.78 is 0. The van der Waals surface area contributed by atoms with Crippen LogP contribution in [-0.4, -0.2) is 34.9 Å². The van der Waals surface area contributed by atoms with Gasteiger partial charge in [-0.15, -0.1) is 0 Å². The lowest BCUT2D eigenvalue weighted by molar-refractivity contribution is -0.123. The Morgan fingerprint density at radius 1 is 0.371 bits per heavy atom. The summed E-state index contributed by atoms with van der Waals surface area (Å²) in [6.45, 7) is 4.33. The average Bonchev–Trinajstić information content (AvgIpc) is 3.28. The Kier molecular flexibility index (Phi) is 52.7. The largest absolute Gasteiger partial charge is 0.394 e. The summed E-state index contributed by atoms with van der Waals surface area (Å²) in [5.41, 5.74) is 0. The lowest BCUT2D eigenvalue weighted by Crippen LogP contribution is -2.45. The van der Waals surface area contributed by atoms with Crippen LogP contribution < -0.4 is 5.32 Å². The fourth-order valence-electron chi connectivity index (χ4n) is 8.80. The van der Waals surface area contributed by atoms with Crippen molar-refractivity contribution in [3.63, 3.8) is 0 Å². The topological polar surface area (TPSA) is 69.6 Å². The molecular formula is C58H111NO3. The lowest BCUT2D eigenvalue weighted by Gasteiger charge is -2.19. The van der Waals surface area contributed by atoms with Gasteiger partial charge in [0.15, 0.2) is 0 Å². The zero-order valence-corrected chi connectivity index (χ0v) is 42.2. The molecule has 0 heterocycles. The minimum Gasteiger partial charge on any atom is -0.394 e. The minimum atomic E-state index is -0.869. The highest BCUT2D eigenvalue weighted by Crippen LogP contribution is 2.17. The summed E-state index contributed by atoms with van der Waals surface area (Å²) in [5.74, 6) is -0.0720. The third-order valence-electron chi connectivity index (χ3n) is 13.1. The number of amides is 1. The van der Waals surface area contributed by atoms with Crippen LogP contribution >= 0.6 is 0 Å². The minimum absolute atomic E-state index is 0.0720. The fraction of sp³-hybridized carbons (Fsp3) is 0.879. The van der Waals surface area contributed by atoms with Gasteiger partial charge in [-0.2, -0.15) is 0 Å². The molecule has 2 atom stereocenters. The van der Waals surface area contributed by atoms with Gasteiger partial charge in [0, 0.05) is 6.42 Å². The maximum Gasteiger partial charge on any atom is 0.220 e. The molecule has 0 fully saturated rings. The van der Waals surface area contributed by atoms with E-state index in [1.54, 1.807) is 6.08 Å². The number of carbonyl (C=O) groups is 1. The van der Waals surface area contributed by atoms with Crippen LogP contribution in [0.2, 0.25) is 0 Å². The van der Waals surface area contributed by atoms with Crippen molar-refractivity contribution in [1.82, 2.24) is 5.32 Å². The summed E-state index contributed by atoms with van der Waals surface area (Å²) in [5, 5.41) is 23.1. The van der Waals surface area contributed by atoms with Crippen LogP contribution in [0, 0.1) is 0 Å². The van der Waals surface area contributed by atoms with E-state index < -0.39 is 12.1 Å². The quantitative estimate of drug-likeness (QED) is 0.0421. The Morgan fingerprint density at radius 2 is 0.629 bits per heavy atom. The molecule has 0 bridgehead atoms. The van der Waals surface area contributed by atoms with Crippen molar-refractivity contribution in [2.75, 3.05) is 6.61 Å². The van der Waals surface area contributed by atoms with Crippen molar-refractivity contribution in [3.8, 4) is 0 Å². The molecule has 366 valence electrons. The maximum absolute atomic E-state index is 12.5. The Morgan fingerprint density at radius 3 is 0.935 bits per heavy atom. The van der Waals surface area contributed by atoms with E-state index in [-0.39, 0.29) is 12.5 Å². The van der Waals surface area contributed by atoms with Gasteiger partial charge in [0.25, 0.3) is 0 Å². The zero-order valence-electron chi connectivity index (χ0n) is 42.2. The third-order valence-corrected chi connectivity index (χ3v) is 13.1. The van der Waals surface area contributed by atoms with E-state index in [4.69, 9.17) is 0 Å². The Balaban J connectivity index is 3.53. The van der Waals surface area contributed by atoms with E-state index in [1.807, 2.05) is 6.08 Å². The maximum atomic E-state index is 12.5. The molecule has 0 aliphatic heterocycles. The molecule has 0 aromatic rings. The summed E-state index contributed by atoms with van der Waals surface area (Å²) in [7, 11) is 0. The second-order valence-electron chi connectivity index (χ2n) is 19.3. The summed E-state index contributed by atoms with van der Waals surface area (Å²) in [6.07, 6.45) is 73.1. The molecule has 0 rings (SSSR count). The summed E-state index contributed by atoms with van der Waals surface area (Å²) in [6, 6.07) is -0.644. The van der Waals surface area contributed by atoms with Crippen LogP contribution in [0.25, 0.3) is 0 Å². The molecule has 0 spiro atoms. The SMILES string of the molecule is CCCCCCCCCCCCCCCCCCC/C=C/CC/C=C/CC/C=C/C(O)C(CO)NC(=O)CCCCCCCCCCCCCCCCCCCCCCCCC. The fourth-order valence-corrected chi connectivity index (χ4v) is 8.80. The van der Waals surface area contributed by atoms with E-state index >= 15 is 0 Å². The van der Waals surface area contributed by atoms with Gasteiger partial charge in [0.1, 0.15) is 0 Å². The van der Waals surface area contributed by atoms with Crippen LogP contribution in [0.4, 0.5) is 0 Å². The van der Waals surface area contributed by atoms with Gasteiger partial charge in [-0.05, 0) is 44.9 Å². The van der Waals surface area contributed by atoms with Crippen molar-refractivity contribution >= 4 is 5.91 Å². The highest BCUT2D eigenvalue weighted by molar-refractivity contribution is 5.76. The Bertz CT molecular complexity index is 943. The van der Waals surface area contributed by atoms with Crippen LogP contribution in [0.1, 0.15) is 309 Å². The first-order chi connectivity index (χ1) is 30.7. The molecule has 4 nitrogen and oxygen atoms in total. The van der Waals surface area contributed by atoms with Gasteiger partial charge >= 0.3 is 0 Å². The number of nitrogens with one attached hydrogen (secondary N) is 1. The summed E-state index contributed by atoms with van der Waals surface area (Å²) in [4.78, 5) is 12.5. The first-order valence-electron chi connectivity index (χ1n) is 28.2. The lowest BCUT2D eigenvalue weighted by atomic mass is 10.0. The number of carbonyl (C=O) groups excluding carboxylic acids is 1. The molecule has 0 aromatic heterocycles. The molecule has 3 N–H and O–H groups in total. The Hall–Kier alpha value is -1.39. The van der Waals surface area contributed by atoms with Crippen molar-refractivity contribution in [1.29, 1.82) is 0 Å². The van der Waals surface area contributed by atoms with E-state index in [9.17, 15) is 15.0 Å². The molecule has 0 aromatic carbocycles. The van der Waals surface area contributed by atoms with Crippen LogP contribution in [0.15, 0.2) is 36.5 Å². The molecule has 0 saturated carbocycles. The van der Waals surface area contributed by atoms with Gasteiger partial charge in [-0.25, -0.2) is 0 Å². The van der Waals surface area contributed by atoms with Crippen molar-refractivity contribution < 1.29 is 15.0 Å². The number of aliphatic hydroxyl groups is 2. The number of hydrogen-bond acceptors (Lipinski definition) is 3. The molecule has 0 aliphatic rings. The number of hydrogen-bond donors (Lipinski definition) is 3. The van der Waals surface area contributed by atoms with Crippen molar-refractivity contribution in [2.45, 2.75) is 321 Å². The number of unbranched alkanes of at least 4 members (excludes halogenated alkanes) is 41. The normalized spacial score (nSPS) is 13.0. The second kappa shape index (κ2) is 53.9. The number of rotatable bonds is 52. The first-order valence-corrected chi connectivity index (χ1v) is 28.2. The van der Waals surface area contributed by atoms with Crippen molar-refractivity contribution in [3.05, 3.63) is 36.5 Å².